The zero-order valence-electron chi connectivity index (χ0n) is 25.7. The van der Waals surface area contributed by atoms with E-state index in [0.29, 0.717) is 5.02 Å². The Labute approximate surface area is 291 Å². The lowest BCUT2D eigenvalue weighted by molar-refractivity contribution is -0.140. The van der Waals surface area contributed by atoms with Crippen molar-refractivity contribution in [2.45, 2.75) is 62.0 Å². The Kier molecular flexibility index (Phi) is 11.9. The summed E-state index contributed by atoms with van der Waals surface area (Å²) in [5, 5.41) is 4.08. The maximum Gasteiger partial charge on any atom is 0.264 e. The van der Waals surface area contributed by atoms with E-state index in [1.54, 1.807) is 48.5 Å². The van der Waals surface area contributed by atoms with E-state index >= 15 is 0 Å². The smallest absolute Gasteiger partial charge is 0.264 e. The maximum atomic E-state index is 14.6. The molecule has 4 aromatic rings. The zero-order valence-corrected chi connectivity index (χ0v) is 28.8. The lowest BCUT2D eigenvalue weighted by Gasteiger charge is -2.35. The Hall–Kier alpha value is -3.56. The van der Waals surface area contributed by atoms with Crippen LogP contribution < -0.4 is 9.62 Å². The van der Waals surface area contributed by atoms with Crippen molar-refractivity contribution < 1.29 is 18.0 Å². The molecule has 47 heavy (non-hydrogen) atoms. The van der Waals surface area contributed by atoms with Crippen LogP contribution in [-0.4, -0.2) is 43.8 Å². The van der Waals surface area contributed by atoms with Gasteiger partial charge in [-0.25, -0.2) is 8.42 Å². The van der Waals surface area contributed by atoms with Gasteiger partial charge in [0.25, 0.3) is 10.0 Å². The molecule has 0 heterocycles. The second-order valence-electron chi connectivity index (χ2n) is 11.6. The second kappa shape index (κ2) is 16.0. The first-order chi connectivity index (χ1) is 22.6. The summed E-state index contributed by atoms with van der Waals surface area (Å²) in [4.78, 5) is 30.3. The number of hydrogen-bond acceptors (Lipinski definition) is 4. The molecule has 0 aliphatic heterocycles. The molecular weight excluding hydrogens is 677 g/mol. The van der Waals surface area contributed by atoms with Crippen LogP contribution in [0.4, 0.5) is 5.69 Å². The summed E-state index contributed by atoms with van der Waals surface area (Å²) in [6, 6.07) is 27.8. The van der Waals surface area contributed by atoms with Crippen LogP contribution in [0.5, 0.6) is 0 Å². The molecule has 0 spiro atoms. The Bertz CT molecular complexity index is 1770. The van der Waals surface area contributed by atoms with Crippen LogP contribution in [0.15, 0.2) is 108 Å². The Morgan fingerprint density at radius 2 is 1.38 bits per heavy atom. The van der Waals surface area contributed by atoms with Crippen molar-refractivity contribution in [1.29, 1.82) is 0 Å². The number of halogens is 3. The van der Waals surface area contributed by atoms with Crippen LogP contribution in [0.1, 0.15) is 43.2 Å². The van der Waals surface area contributed by atoms with Crippen LogP contribution in [0, 0.1) is 0 Å². The minimum absolute atomic E-state index is 0.00207. The van der Waals surface area contributed by atoms with E-state index in [-0.39, 0.29) is 45.5 Å². The van der Waals surface area contributed by atoms with E-state index in [1.165, 1.54) is 29.2 Å². The highest BCUT2D eigenvalue weighted by Crippen LogP contribution is 2.33. The summed E-state index contributed by atoms with van der Waals surface area (Å²) in [5.74, 6) is -0.878. The molecule has 2 amide bonds. The van der Waals surface area contributed by atoms with Crippen molar-refractivity contribution in [2.24, 2.45) is 0 Å². The van der Waals surface area contributed by atoms with Crippen molar-refractivity contribution in [2.75, 3.05) is 10.8 Å². The van der Waals surface area contributed by atoms with Gasteiger partial charge in [0.1, 0.15) is 12.6 Å². The van der Waals surface area contributed by atoms with Gasteiger partial charge in [-0.2, -0.15) is 0 Å². The van der Waals surface area contributed by atoms with Gasteiger partial charge in [0.05, 0.1) is 15.6 Å². The van der Waals surface area contributed by atoms with Gasteiger partial charge in [0.2, 0.25) is 11.8 Å². The van der Waals surface area contributed by atoms with E-state index in [9.17, 15) is 18.0 Å². The summed E-state index contributed by atoms with van der Waals surface area (Å²) in [5.41, 5.74) is 1.63. The molecule has 0 saturated heterocycles. The van der Waals surface area contributed by atoms with Crippen molar-refractivity contribution in [3.05, 3.63) is 129 Å². The molecule has 0 radical (unpaired) electrons. The quantitative estimate of drug-likeness (QED) is 0.162. The van der Waals surface area contributed by atoms with Crippen molar-refractivity contribution >= 4 is 62.3 Å². The summed E-state index contributed by atoms with van der Waals surface area (Å²) in [6.45, 7) is -0.596. The molecular formula is C36H36Cl3N3O4S. The van der Waals surface area contributed by atoms with Crippen molar-refractivity contribution in [3.63, 3.8) is 0 Å². The van der Waals surface area contributed by atoms with Gasteiger partial charge in [0, 0.05) is 29.1 Å². The Morgan fingerprint density at radius 1 is 0.766 bits per heavy atom. The molecule has 11 heteroatoms. The van der Waals surface area contributed by atoms with E-state index in [0.717, 1.165) is 47.5 Å². The average molecular weight is 713 g/mol. The molecule has 7 nitrogen and oxygen atoms in total. The van der Waals surface area contributed by atoms with Gasteiger partial charge in [-0.3, -0.25) is 13.9 Å². The SMILES string of the molecule is O=C(NC1CCCCC1)C(Cc1ccccc1)N(Cc1ccc(Cl)cc1)C(=O)CN(c1cc(Cl)ccc1Cl)S(=O)(=O)c1ccccc1. The first kappa shape index (κ1) is 34.8. The fourth-order valence-electron chi connectivity index (χ4n) is 5.79. The van der Waals surface area contributed by atoms with Crippen LogP contribution in [-0.2, 0) is 32.6 Å². The summed E-state index contributed by atoms with van der Waals surface area (Å²) >= 11 is 19.0. The first-order valence-corrected chi connectivity index (χ1v) is 18.1. The summed E-state index contributed by atoms with van der Waals surface area (Å²) < 4.78 is 29.3. The Balaban J connectivity index is 1.58. The van der Waals surface area contributed by atoms with Gasteiger partial charge >= 0.3 is 0 Å². The third-order valence-electron chi connectivity index (χ3n) is 8.28. The predicted octanol–water partition coefficient (Wildman–Crippen LogP) is 7.93. The fourth-order valence-corrected chi connectivity index (χ4v) is 7.80. The monoisotopic (exact) mass is 711 g/mol. The number of amides is 2. The van der Waals surface area contributed by atoms with E-state index in [1.807, 2.05) is 30.3 Å². The second-order valence-corrected chi connectivity index (χ2v) is 14.8. The minimum atomic E-state index is -4.30. The average Bonchev–Trinajstić information content (AvgIpc) is 3.08. The highest BCUT2D eigenvalue weighted by molar-refractivity contribution is 7.92. The van der Waals surface area contributed by atoms with Crippen LogP contribution in [0.3, 0.4) is 0 Å². The standard InChI is InChI=1S/C36H36Cl3N3O4S/c37-28-18-16-27(17-19-28)24-41(34(22-26-10-4-1-5-11-26)36(44)40-30-12-6-2-7-13-30)35(43)25-42(33-23-29(38)20-21-32(33)39)47(45,46)31-14-8-3-9-15-31/h1,3-5,8-11,14-21,23,30,34H,2,6-7,12-13,22,24-25H2,(H,40,44). The number of nitrogens with one attached hydrogen (secondary N) is 1. The lowest BCUT2D eigenvalue weighted by atomic mass is 9.94. The molecule has 1 atom stereocenters. The normalized spacial score (nSPS) is 14.3. The lowest BCUT2D eigenvalue weighted by Crippen LogP contribution is -2.55. The molecule has 246 valence electrons. The number of anilines is 1. The summed E-state index contributed by atoms with van der Waals surface area (Å²) in [6.07, 6.45) is 5.13. The van der Waals surface area contributed by atoms with Crippen molar-refractivity contribution in [1.82, 2.24) is 10.2 Å². The van der Waals surface area contributed by atoms with Gasteiger partial charge in [-0.05, 0) is 66.4 Å². The highest BCUT2D eigenvalue weighted by Gasteiger charge is 2.36. The van der Waals surface area contributed by atoms with E-state index in [2.05, 4.69) is 5.32 Å². The van der Waals surface area contributed by atoms with Crippen LogP contribution in [0.25, 0.3) is 0 Å². The number of carbonyl (C=O) groups excluding carboxylic acids is 2. The molecule has 1 unspecified atom stereocenters. The molecule has 1 aliphatic carbocycles. The topological polar surface area (TPSA) is 86.8 Å². The minimum Gasteiger partial charge on any atom is -0.352 e. The number of nitrogens with zero attached hydrogens (tertiary/aromatic N) is 2. The predicted molar refractivity (Wildman–Crippen MR) is 188 cm³/mol. The fraction of sp³-hybridized carbons (Fsp3) is 0.278. The summed E-state index contributed by atoms with van der Waals surface area (Å²) in [7, 11) is -4.30. The Morgan fingerprint density at radius 3 is 2.04 bits per heavy atom. The van der Waals surface area contributed by atoms with Gasteiger partial charge < -0.3 is 10.2 Å². The molecule has 1 N–H and O–H groups in total. The zero-order chi connectivity index (χ0) is 33.4. The third kappa shape index (κ3) is 9.08. The third-order valence-corrected chi connectivity index (χ3v) is 10.9. The molecule has 1 aliphatic rings. The number of hydrogen-bond donors (Lipinski definition) is 1. The van der Waals surface area contributed by atoms with Crippen molar-refractivity contribution in [3.8, 4) is 0 Å². The number of rotatable bonds is 12. The number of sulfonamides is 1. The largest absolute Gasteiger partial charge is 0.352 e. The van der Waals surface area contributed by atoms with Gasteiger partial charge in [0.15, 0.2) is 0 Å². The molecule has 0 bridgehead atoms. The number of benzene rings is 4. The highest BCUT2D eigenvalue weighted by atomic mass is 35.5. The maximum absolute atomic E-state index is 14.6. The van der Waals surface area contributed by atoms with Gasteiger partial charge in [-0.1, -0.05) is 115 Å². The molecule has 4 aromatic carbocycles. The first-order valence-electron chi connectivity index (χ1n) is 15.5. The molecule has 1 saturated carbocycles. The molecule has 1 fully saturated rings. The van der Waals surface area contributed by atoms with E-state index < -0.39 is 28.5 Å². The molecule has 5 rings (SSSR count). The van der Waals surface area contributed by atoms with Crippen LogP contribution >= 0.6 is 34.8 Å². The number of carbonyl (C=O) groups is 2. The van der Waals surface area contributed by atoms with E-state index in [4.69, 9.17) is 34.8 Å². The van der Waals surface area contributed by atoms with Crippen LogP contribution in [0.2, 0.25) is 15.1 Å². The molecule has 0 aromatic heterocycles. The van der Waals surface area contributed by atoms with Gasteiger partial charge in [-0.15, -0.1) is 0 Å².